The van der Waals surface area contributed by atoms with E-state index >= 15 is 0 Å². The van der Waals surface area contributed by atoms with Gasteiger partial charge in [-0.15, -0.1) is 0 Å². The molecule has 0 aliphatic carbocycles. The van der Waals surface area contributed by atoms with Crippen LogP contribution in [0.5, 0.6) is 0 Å². The van der Waals surface area contributed by atoms with Crippen molar-refractivity contribution >= 4 is 23.3 Å². The van der Waals surface area contributed by atoms with Gasteiger partial charge in [0.2, 0.25) is 0 Å². The van der Waals surface area contributed by atoms with Crippen molar-refractivity contribution in [2.75, 3.05) is 11.4 Å². The number of carboxylic acid groups (broad SMARTS) is 1. The summed E-state index contributed by atoms with van der Waals surface area (Å²) in [6, 6.07) is 3.61. The summed E-state index contributed by atoms with van der Waals surface area (Å²) in [5.41, 5.74) is 2.69. The van der Waals surface area contributed by atoms with Crippen LogP contribution in [0.2, 0.25) is 0 Å². The molecule has 1 N–H and O–H groups in total. The first-order chi connectivity index (χ1) is 8.91. The predicted molar refractivity (Wildman–Crippen MR) is 69.4 cm³/mol. The molecule has 1 aliphatic rings. The number of amides is 1. The molecular formula is C14H13NO4. The summed E-state index contributed by atoms with van der Waals surface area (Å²) in [6.45, 7) is 3.74. The Balaban J connectivity index is 2.41. The Morgan fingerprint density at radius 2 is 2.00 bits per heavy atom. The van der Waals surface area contributed by atoms with Crippen LogP contribution in [0.3, 0.4) is 0 Å². The molecule has 0 atom stereocenters. The fraction of sp³-hybridized carbons (Fsp3) is 0.214. The standard InChI is InChI=1S/C14H13NO4/c1-8-6-9(2)12-10(7-8)15(14(19)13(12)18)5-3-4-11(16)17/h3-4,6-7H,5H2,1-2H3,(H,16,17). The zero-order valence-corrected chi connectivity index (χ0v) is 10.6. The summed E-state index contributed by atoms with van der Waals surface area (Å²) in [4.78, 5) is 35.5. The molecule has 0 saturated heterocycles. The molecule has 19 heavy (non-hydrogen) atoms. The smallest absolute Gasteiger partial charge is 0.328 e. The monoisotopic (exact) mass is 259 g/mol. The summed E-state index contributed by atoms with van der Waals surface area (Å²) < 4.78 is 0. The molecule has 0 aromatic heterocycles. The van der Waals surface area contributed by atoms with Crippen molar-refractivity contribution in [2.45, 2.75) is 13.8 Å². The number of carbonyl (C=O) groups is 3. The Morgan fingerprint density at radius 1 is 1.32 bits per heavy atom. The van der Waals surface area contributed by atoms with Crippen molar-refractivity contribution in [3.8, 4) is 0 Å². The molecule has 98 valence electrons. The Kier molecular flexibility index (Phi) is 3.21. The van der Waals surface area contributed by atoms with Gasteiger partial charge in [0, 0.05) is 12.6 Å². The fourth-order valence-electron chi connectivity index (χ4n) is 2.23. The van der Waals surface area contributed by atoms with Crippen LogP contribution < -0.4 is 4.90 Å². The lowest BCUT2D eigenvalue weighted by molar-refractivity contribution is -0.131. The summed E-state index contributed by atoms with van der Waals surface area (Å²) in [5.74, 6) is -2.23. The fourth-order valence-corrected chi connectivity index (χ4v) is 2.23. The number of benzene rings is 1. The first-order valence-electron chi connectivity index (χ1n) is 5.78. The van der Waals surface area contributed by atoms with E-state index in [1.54, 1.807) is 13.0 Å². The van der Waals surface area contributed by atoms with E-state index in [1.807, 2.05) is 13.0 Å². The number of nitrogens with zero attached hydrogens (tertiary/aromatic N) is 1. The van der Waals surface area contributed by atoms with E-state index in [0.29, 0.717) is 11.3 Å². The predicted octanol–water partition coefficient (Wildman–Crippen LogP) is 1.47. The van der Waals surface area contributed by atoms with Crippen LogP contribution in [0.4, 0.5) is 5.69 Å². The van der Waals surface area contributed by atoms with Gasteiger partial charge >= 0.3 is 5.97 Å². The van der Waals surface area contributed by atoms with Crippen LogP contribution in [-0.4, -0.2) is 29.3 Å². The van der Waals surface area contributed by atoms with Gasteiger partial charge in [0.05, 0.1) is 11.3 Å². The second-order valence-corrected chi connectivity index (χ2v) is 4.46. The van der Waals surface area contributed by atoms with Gasteiger partial charge in [0.1, 0.15) is 0 Å². The minimum absolute atomic E-state index is 0.0762. The Labute approximate surface area is 110 Å². The van der Waals surface area contributed by atoms with Crippen molar-refractivity contribution in [2.24, 2.45) is 0 Å². The molecule has 0 fully saturated rings. The average Bonchev–Trinajstić information content (AvgIpc) is 2.53. The molecule has 2 rings (SSSR count). The third-order valence-corrected chi connectivity index (χ3v) is 2.96. The third kappa shape index (κ3) is 2.27. The summed E-state index contributed by atoms with van der Waals surface area (Å²) in [5, 5.41) is 8.53. The van der Waals surface area contributed by atoms with Crippen molar-refractivity contribution in [1.82, 2.24) is 0 Å². The van der Waals surface area contributed by atoms with Crippen molar-refractivity contribution in [3.05, 3.63) is 41.0 Å². The minimum Gasteiger partial charge on any atom is -0.478 e. The number of hydrogen-bond acceptors (Lipinski definition) is 3. The van der Waals surface area contributed by atoms with Gasteiger partial charge in [0.25, 0.3) is 11.7 Å². The maximum Gasteiger partial charge on any atom is 0.328 e. The zero-order chi connectivity index (χ0) is 14.2. The maximum absolute atomic E-state index is 11.9. The second kappa shape index (κ2) is 4.68. The average molecular weight is 259 g/mol. The number of ketones is 1. The number of anilines is 1. The van der Waals surface area contributed by atoms with Gasteiger partial charge in [-0.25, -0.2) is 4.79 Å². The topological polar surface area (TPSA) is 74.7 Å². The maximum atomic E-state index is 11.9. The first kappa shape index (κ1) is 13.0. The molecule has 1 aromatic rings. The molecule has 0 spiro atoms. The van der Waals surface area contributed by atoms with Gasteiger partial charge in [-0.3, -0.25) is 9.59 Å². The first-order valence-corrected chi connectivity index (χ1v) is 5.78. The van der Waals surface area contributed by atoms with Crippen LogP contribution in [0.15, 0.2) is 24.3 Å². The molecule has 0 bridgehead atoms. The van der Waals surface area contributed by atoms with E-state index in [4.69, 9.17) is 5.11 Å². The lowest BCUT2D eigenvalue weighted by Crippen LogP contribution is -2.29. The zero-order valence-electron chi connectivity index (χ0n) is 10.6. The van der Waals surface area contributed by atoms with E-state index in [-0.39, 0.29) is 6.54 Å². The summed E-state index contributed by atoms with van der Waals surface area (Å²) in [7, 11) is 0. The third-order valence-electron chi connectivity index (χ3n) is 2.96. The Hall–Kier alpha value is -2.43. The van der Waals surface area contributed by atoms with Crippen LogP contribution in [0, 0.1) is 13.8 Å². The quantitative estimate of drug-likeness (QED) is 0.659. The largest absolute Gasteiger partial charge is 0.478 e. The second-order valence-electron chi connectivity index (χ2n) is 4.46. The minimum atomic E-state index is -1.08. The molecule has 1 aliphatic heterocycles. The van der Waals surface area contributed by atoms with Gasteiger partial charge in [-0.05, 0) is 31.0 Å². The van der Waals surface area contributed by atoms with Gasteiger partial charge in [-0.1, -0.05) is 12.1 Å². The number of fused-ring (bicyclic) bond motifs is 1. The molecule has 1 heterocycles. The molecular weight excluding hydrogens is 246 g/mol. The molecule has 0 radical (unpaired) electrons. The lowest BCUT2D eigenvalue weighted by atomic mass is 10.0. The highest BCUT2D eigenvalue weighted by Gasteiger charge is 2.36. The highest BCUT2D eigenvalue weighted by Crippen LogP contribution is 2.32. The molecule has 5 nitrogen and oxygen atoms in total. The number of aliphatic carboxylic acids is 1. The summed E-state index contributed by atoms with van der Waals surface area (Å²) >= 11 is 0. The molecule has 0 unspecified atom stereocenters. The number of Topliss-reactive ketones (excluding diaryl/α,β-unsaturated/α-hetero) is 1. The number of rotatable bonds is 3. The molecule has 1 aromatic carbocycles. The lowest BCUT2D eigenvalue weighted by Gasteiger charge is -2.14. The van der Waals surface area contributed by atoms with Gasteiger partial charge in [-0.2, -0.15) is 0 Å². The highest BCUT2D eigenvalue weighted by molar-refractivity contribution is 6.52. The van der Waals surface area contributed by atoms with E-state index in [0.717, 1.165) is 17.2 Å². The SMILES string of the molecule is Cc1cc(C)c2c(c1)N(CC=CC(=O)O)C(=O)C2=O. The normalized spacial score (nSPS) is 14.3. The number of hydrogen-bond donors (Lipinski definition) is 1. The number of aryl methyl sites for hydroxylation is 2. The van der Waals surface area contributed by atoms with Crippen LogP contribution >= 0.6 is 0 Å². The van der Waals surface area contributed by atoms with E-state index in [9.17, 15) is 14.4 Å². The number of carboxylic acids is 1. The van der Waals surface area contributed by atoms with Crippen LogP contribution in [0.1, 0.15) is 21.5 Å². The van der Waals surface area contributed by atoms with E-state index < -0.39 is 17.7 Å². The molecule has 0 saturated carbocycles. The highest BCUT2D eigenvalue weighted by atomic mass is 16.4. The van der Waals surface area contributed by atoms with Gasteiger partial charge < -0.3 is 10.0 Å². The van der Waals surface area contributed by atoms with Crippen molar-refractivity contribution in [1.29, 1.82) is 0 Å². The van der Waals surface area contributed by atoms with Gasteiger partial charge in [0.15, 0.2) is 0 Å². The van der Waals surface area contributed by atoms with E-state index in [2.05, 4.69) is 0 Å². The Bertz CT molecular complexity index is 616. The Morgan fingerprint density at radius 3 is 2.63 bits per heavy atom. The number of carbonyl (C=O) groups excluding carboxylic acids is 2. The van der Waals surface area contributed by atoms with Crippen molar-refractivity contribution in [3.63, 3.8) is 0 Å². The van der Waals surface area contributed by atoms with Crippen molar-refractivity contribution < 1.29 is 19.5 Å². The summed E-state index contributed by atoms with van der Waals surface area (Å²) in [6.07, 6.45) is 2.30. The van der Waals surface area contributed by atoms with E-state index in [1.165, 1.54) is 11.0 Å². The van der Waals surface area contributed by atoms with Crippen LogP contribution in [0.25, 0.3) is 0 Å². The van der Waals surface area contributed by atoms with Crippen LogP contribution in [-0.2, 0) is 9.59 Å². The molecule has 5 heteroatoms. The molecule has 1 amide bonds.